The molecule has 0 aromatic heterocycles. The summed E-state index contributed by atoms with van der Waals surface area (Å²) >= 11 is 1.83. The van der Waals surface area contributed by atoms with Crippen LogP contribution in [0.5, 0.6) is 0 Å². The van der Waals surface area contributed by atoms with Crippen LogP contribution >= 0.6 is 11.8 Å². The van der Waals surface area contributed by atoms with Crippen LogP contribution in [0.4, 0.5) is 0 Å². The Labute approximate surface area is 131 Å². The lowest BCUT2D eigenvalue weighted by atomic mass is 10.1. The number of piperidine rings is 1. The summed E-state index contributed by atoms with van der Waals surface area (Å²) in [6, 6.07) is 11.3. The van der Waals surface area contributed by atoms with E-state index in [2.05, 4.69) is 58.3 Å². The topological polar surface area (TPSA) is 27.3 Å². The molecule has 3 rings (SSSR count). The Balaban J connectivity index is 1.77. The molecule has 2 N–H and O–H groups in total. The van der Waals surface area contributed by atoms with Gasteiger partial charge in [0.2, 0.25) is 0 Å². The van der Waals surface area contributed by atoms with E-state index in [-0.39, 0.29) is 0 Å². The highest BCUT2D eigenvalue weighted by molar-refractivity contribution is 8.05. The van der Waals surface area contributed by atoms with E-state index >= 15 is 0 Å². The molecule has 1 fully saturated rings. The zero-order valence-corrected chi connectivity index (χ0v) is 13.3. The van der Waals surface area contributed by atoms with Gasteiger partial charge in [0, 0.05) is 31.4 Å². The monoisotopic (exact) mass is 301 g/mol. The Hall–Kier alpha value is -1.39. The number of allylic oxidation sites excluding steroid dienone is 1. The second-order valence-electron chi connectivity index (χ2n) is 5.60. The van der Waals surface area contributed by atoms with Gasteiger partial charge in [-0.15, -0.1) is 0 Å². The minimum Gasteiger partial charge on any atom is -0.365 e. The number of hydrogen-bond donors (Lipinski definition) is 2. The first-order valence-electron chi connectivity index (χ1n) is 7.63. The lowest BCUT2D eigenvalue weighted by Gasteiger charge is -2.36. The zero-order valence-electron chi connectivity index (χ0n) is 12.5. The van der Waals surface area contributed by atoms with Gasteiger partial charge >= 0.3 is 0 Å². The maximum atomic E-state index is 3.46. The number of nitrogens with one attached hydrogen (secondary N) is 2. The Bertz CT molecular complexity index is 518. The zero-order chi connectivity index (χ0) is 14.5. The van der Waals surface area contributed by atoms with Gasteiger partial charge in [0.1, 0.15) is 0 Å². The Morgan fingerprint density at radius 2 is 1.95 bits per heavy atom. The summed E-state index contributed by atoms with van der Waals surface area (Å²) in [6.07, 6.45) is 5.46. The van der Waals surface area contributed by atoms with Gasteiger partial charge in [0.15, 0.2) is 0 Å². The van der Waals surface area contributed by atoms with Gasteiger partial charge in [0.25, 0.3) is 0 Å². The molecule has 4 heteroatoms. The van der Waals surface area contributed by atoms with Gasteiger partial charge in [-0.05, 0) is 36.9 Å². The predicted molar refractivity (Wildman–Crippen MR) is 90.7 cm³/mol. The van der Waals surface area contributed by atoms with E-state index in [9.17, 15) is 0 Å². The third-order valence-electron chi connectivity index (χ3n) is 4.16. The number of benzene rings is 1. The maximum Gasteiger partial charge on any atom is 0.0950 e. The predicted octanol–water partition coefficient (Wildman–Crippen LogP) is 2.89. The second kappa shape index (κ2) is 7.05. The van der Waals surface area contributed by atoms with Crippen molar-refractivity contribution in [2.75, 3.05) is 20.1 Å². The molecule has 1 saturated heterocycles. The average Bonchev–Trinajstić information content (AvgIpc) is 2.56. The van der Waals surface area contributed by atoms with Crippen LogP contribution in [-0.2, 0) is 6.42 Å². The highest BCUT2D eigenvalue weighted by Gasteiger charge is 2.23. The maximum absolute atomic E-state index is 3.46. The van der Waals surface area contributed by atoms with Crippen molar-refractivity contribution in [2.45, 2.75) is 25.3 Å². The molecular weight excluding hydrogens is 278 g/mol. The van der Waals surface area contributed by atoms with E-state index in [1.165, 1.54) is 29.1 Å². The summed E-state index contributed by atoms with van der Waals surface area (Å²) in [5.74, 6) is 0. The summed E-state index contributed by atoms with van der Waals surface area (Å²) in [6.45, 7) is 2.26. The molecule has 1 aromatic carbocycles. The van der Waals surface area contributed by atoms with Crippen LogP contribution in [0.1, 0.15) is 18.4 Å². The number of thioether (sulfide) groups is 1. The molecule has 2 aliphatic rings. The molecule has 2 aliphatic heterocycles. The quantitative estimate of drug-likeness (QED) is 0.894. The summed E-state index contributed by atoms with van der Waals surface area (Å²) in [7, 11) is 2.24. The molecule has 0 aliphatic carbocycles. The Kier molecular flexibility index (Phi) is 4.88. The summed E-state index contributed by atoms with van der Waals surface area (Å²) < 4.78 is 0. The van der Waals surface area contributed by atoms with Gasteiger partial charge in [-0.2, -0.15) is 0 Å². The molecule has 3 nitrogen and oxygen atoms in total. The van der Waals surface area contributed by atoms with Crippen LogP contribution in [0.25, 0.3) is 0 Å². The first kappa shape index (κ1) is 14.5. The van der Waals surface area contributed by atoms with Crippen molar-refractivity contribution in [2.24, 2.45) is 0 Å². The smallest absolute Gasteiger partial charge is 0.0950 e. The van der Waals surface area contributed by atoms with Crippen LogP contribution in [-0.4, -0.2) is 31.1 Å². The minimum absolute atomic E-state index is 0.646. The van der Waals surface area contributed by atoms with Crippen LogP contribution in [0.15, 0.2) is 52.7 Å². The van der Waals surface area contributed by atoms with E-state index in [0.717, 1.165) is 19.5 Å². The van der Waals surface area contributed by atoms with E-state index in [4.69, 9.17) is 0 Å². The molecule has 0 radical (unpaired) electrons. The molecule has 0 spiro atoms. The lowest BCUT2D eigenvalue weighted by molar-refractivity contribution is 0.256. The number of nitrogens with zero attached hydrogens (tertiary/aromatic N) is 1. The van der Waals surface area contributed by atoms with Crippen LogP contribution in [0.2, 0.25) is 0 Å². The molecule has 0 unspecified atom stereocenters. The molecule has 2 heterocycles. The van der Waals surface area contributed by atoms with Crippen LogP contribution in [0, 0.1) is 0 Å². The highest BCUT2D eigenvalue weighted by Crippen LogP contribution is 2.31. The average molecular weight is 301 g/mol. The number of hydrogen-bond acceptors (Lipinski definition) is 4. The van der Waals surface area contributed by atoms with E-state index in [0.29, 0.717) is 6.04 Å². The fraction of sp³-hybridized carbons (Fsp3) is 0.412. The third-order valence-corrected chi connectivity index (χ3v) is 5.19. The lowest BCUT2D eigenvalue weighted by Crippen LogP contribution is -2.41. The van der Waals surface area contributed by atoms with Crippen LogP contribution in [0.3, 0.4) is 0 Å². The van der Waals surface area contributed by atoms with Gasteiger partial charge in [-0.3, -0.25) is 0 Å². The Morgan fingerprint density at radius 3 is 2.71 bits per heavy atom. The normalized spacial score (nSPS) is 19.5. The van der Waals surface area contributed by atoms with E-state index < -0.39 is 0 Å². The molecule has 0 bridgehead atoms. The molecule has 1 aromatic rings. The van der Waals surface area contributed by atoms with Crippen molar-refractivity contribution in [1.29, 1.82) is 0 Å². The first-order valence-corrected chi connectivity index (χ1v) is 8.51. The van der Waals surface area contributed by atoms with Crippen molar-refractivity contribution in [3.63, 3.8) is 0 Å². The fourth-order valence-corrected chi connectivity index (χ4v) is 3.80. The van der Waals surface area contributed by atoms with Crippen molar-refractivity contribution in [1.82, 2.24) is 15.5 Å². The summed E-state index contributed by atoms with van der Waals surface area (Å²) in [5, 5.41) is 10.4. The molecule has 112 valence electrons. The SMILES string of the molecule is CN(C1=C(Cc2ccccc2)NC=CS1)C1CCNCC1. The third kappa shape index (κ3) is 3.63. The first-order chi connectivity index (χ1) is 10.3. The molecule has 0 saturated carbocycles. The highest BCUT2D eigenvalue weighted by atomic mass is 32.2. The van der Waals surface area contributed by atoms with E-state index in [1.54, 1.807) is 0 Å². The van der Waals surface area contributed by atoms with E-state index in [1.807, 2.05) is 18.0 Å². The van der Waals surface area contributed by atoms with Crippen molar-refractivity contribution < 1.29 is 0 Å². The molecular formula is C17H23N3S. The van der Waals surface area contributed by atoms with Crippen molar-refractivity contribution >= 4 is 11.8 Å². The van der Waals surface area contributed by atoms with Crippen molar-refractivity contribution in [3.05, 3.63) is 58.2 Å². The Morgan fingerprint density at radius 1 is 1.19 bits per heavy atom. The summed E-state index contributed by atoms with van der Waals surface area (Å²) in [5.41, 5.74) is 2.67. The van der Waals surface area contributed by atoms with Gasteiger partial charge in [-0.1, -0.05) is 42.1 Å². The van der Waals surface area contributed by atoms with Gasteiger partial charge < -0.3 is 15.5 Å². The largest absolute Gasteiger partial charge is 0.365 e. The molecule has 0 amide bonds. The van der Waals surface area contributed by atoms with Gasteiger partial charge in [-0.25, -0.2) is 0 Å². The molecule has 21 heavy (non-hydrogen) atoms. The summed E-state index contributed by atoms with van der Waals surface area (Å²) in [4.78, 5) is 2.47. The standard InChI is InChI=1S/C17H23N3S/c1-20(15-7-9-18-10-8-15)17-16(19-11-12-21-17)13-14-5-3-2-4-6-14/h2-6,11-12,15,18-19H,7-10,13H2,1H3. The van der Waals surface area contributed by atoms with Crippen LogP contribution < -0.4 is 10.6 Å². The van der Waals surface area contributed by atoms with Crippen molar-refractivity contribution in [3.8, 4) is 0 Å². The fourth-order valence-electron chi connectivity index (χ4n) is 2.95. The minimum atomic E-state index is 0.646. The number of rotatable bonds is 4. The van der Waals surface area contributed by atoms with Gasteiger partial charge in [0.05, 0.1) is 5.03 Å². The molecule has 0 atom stereocenters. The second-order valence-corrected chi connectivity index (χ2v) is 6.50.